The molecule has 0 unspecified atom stereocenters. The lowest BCUT2D eigenvalue weighted by Gasteiger charge is -2.23. The molecular formula is C18H23N3O3. The van der Waals surface area contributed by atoms with Crippen molar-refractivity contribution in [1.29, 1.82) is 0 Å². The summed E-state index contributed by atoms with van der Waals surface area (Å²) in [6, 6.07) is 5.46. The Balaban J connectivity index is 1.95. The molecule has 0 saturated carbocycles. The van der Waals surface area contributed by atoms with Crippen molar-refractivity contribution in [3.05, 3.63) is 54.1 Å². The number of carbonyl (C=O) groups excluding carboxylic acids is 1. The minimum Gasteiger partial charge on any atom is -0.506 e. The molecule has 2 rings (SSSR count). The van der Waals surface area contributed by atoms with Gasteiger partial charge in [0, 0.05) is 51.8 Å². The standard InChI is InChI=1S/C18H23N3O3/c1-24-10-2-9-21(14-15-5-7-19-8-6-15)18(23)4-3-16-11-17(22)13-20-12-16/h5-8,11-13,22H,2-4,9-10,14H2,1H3. The number of hydrogen-bond donors (Lipinski definition) is 1. The van der Waals surface area contributed by atoms with Crippen molar-refractivity contribution < 1.29 is 14.6 Å². The number of aryl methyl sites for hydroxylation is 1. The van der Waals surface area contributed by atoms with Gasteiger partial charge >= 0.3 is 0 Å². The average molecular weight is 329 g/mol. The Kier molecular flexibility index (Phi) is 7.17. The molecule has 1 N–H and O–H groups in total. The van der Waals surface area contributed by atoms with Gasteiger partial charge in [0.2, 0.25) is 5.91 Å². The van der Waals surface area contributed by atoms with Gasteiger partial charge in [-0.05, 0) is 42.2 Å². The maximum absolute atomic E-state index is 12.6. The number of hydrogen-bond acceptors (Lipinski definition) is 5. The fraction of sp³-hybridized carbons (Fsp3) is 0.389. The number of pyridine rings is 2. The van der Waals surface area contributed by atoms with Crippen molar-refractivity contribution in [3.63, 3.8) is 0 Å². The van der Waals surface area contributed by atoms with E-state index in [1.165, 1.54) is 6.20 Å². The van der Waals surface area contributed by atoms with Crippen molar-refractivity contribution >= 4 is 5.91 Å². The molecule has 2 aromatic rings. The van der Waals surface area contributed by atoms with E-state index in [1.54, 1.807) is 31.8 Å². The van der Waals surface area contributed by atoms with Crippen molar-refractivity contribution in [2.45, 2.75) is 25.8 Å². The fourth-order valence-corrected chi connectivity index (χ4v) is 2.42. The van der Waals surface area contributed by atoms with Crippen LogP contribution in [0.5, 0.6) is 5.75 Å². The van der Waals surface area contributed by atoms with E-state index < -0.39 is 0 Å². The molecule has 6 nitrogen and oxygen atoms in total. The Morgan fingerprint density at radius 2 is 2.00 bits per heavy atom. The Bertz CT molecular complexity index is 634. The molecule has 2 aromatic heterocycles. The van der Waals surface area contributed by atoms with E-state index >= 15 is 0 Å². The fourth-order valence-electron chi connectivity index (χ4n) is 2.42. The number of aromatic hydroxyl groups is 1. The molecule has 24 heavy (non-hydrogen) atoms. The summed E-state index contributed by atoms with van der Waals surface area (Å²) in [6.45, 7) is 1.83. The van der Waals surface area contributed by atoms with Gasteiger partial charge in [0.15, 0.2) is 0 Å². The quantitative estimate of drug-likeness (QED) is 0.714. The summed E-state index contributed by atoms with van der Waals surface area (Å²) in [5.41, 5.74) is 1.90. The number of aromatic nitrogens is 2. The average Bonchev–Trinajstić information content (AvgIpc) is 2.60. The third-order valence-corrected chi connectivity index (χ3v) is 3.66. The number of ether oxygens (including phenoxy) is 1. The van der Waals surface area contributed by atoms with Crippen LogP contribution in [0.4, 0.5) is 0 Å². The Morgan fingerprint density at radius 1 is 1.21 bits per heavy atom. The molecule has 128 valence electrons. The molecular weight excluding hydrogens is 306 g/mol. The maximum atomic E-state index is 12.6. The predicted octanol–water partition coefficient (Wildman–Crippen LogP) is 2.18. The van der Waals surface area contributed by atoms with Crippen LogP contribution in [0, 0.1) is 0 Å². The molecule has 0 atom stereocenters. The summed E-state index contributed by atoms with van der Waals surface area (Å²) in [6.07, 6.45) is 8.23. The highest BCUT2D eigenvalue weighted by Crippen LogP contribution is 2.12. The molecule has 1 amide bonds. The van der Waals surface area contributed by atoms with Crippen LogP contribution >= 0.6 is 0 Å². The Labute approximate surface area is 142 Å². The van der Waals surface area contributed by atoms with Gasteiger partial charge in [-0.2, -0.15) is 0 Å². The van der Waals surface area contributed by atoms with Crippen molar-refractivity contribution in [1.82, 2.24) is 14.9 Å². The SMILES string of the molecule is COCCCN(Cc1ccncc1)C(=O)CCc1cncc(O)c1. The molecule has 0 radical (unpaired) electrons. The van der Waals surface area contributed by atoms with Gasteiger partial charge in [0.25, 0.3) is 0 Å². The van der Waals surface area contributed by atoms with Crippen LogP contribution in [0.2, 0.25) is 0 Å². The van der Waals surface area contributed by atoms with Crippen molar-refractivity contribution in [2.24, 2.45) is 0 Å². The molecule has 0 aliphatic rings. The van der Waals surface area contributed by atoms with Crippen LogP contribution in [0.15, 0.2) is 43.0 Å². The smallest absolute Gasteiger partial charge is 0.223 e. The third kappa shape index (κ3) is 5.96. The van der Waals surface area contributed by atoms with E-state index in [0.29, 0.717) is 32.5 Å². The normalized spacial score (nSPS) is 10.5. The minimum atomic E-state index is 0.0752. The highest BCUT2D eigenvalue weighted by molar-refractivity contribution is 5.76. The maximum Gasteiger partial charge on any atom is 0.223 e. The number of rotatable bonds is 9. The predicted molar refractivity (Wildman–Crippen MR) is 90.4 cm³/mol. The van der Waals surface area contributed by atoms with Gasteiger partial charge in [0.05, 0.1) is 6.20 Å². The summed E-state index contributed by atoms with van der Waals surface area (Å²) >= 11 is 0. The number of amides is 1. The topological polar surface area (TPSA) is 75.5 Å². The first kappa shape index (κ1) is 17.9. The van der Waals surface area contributed by atoms with Gasteiger partial charge in [-0.1, -0.05) is 0 Å². The van der Waals surface area contributed by atoms with Crippen LogP contribution in [-0.2, 0) is 22.5 Å². The second-order valence-corrected chi connectivity index (χ2v) is 5.57. The molecule has 0 aliphatic heterocycles. The van der Waals surface area contributed by atoms with E-state index in [2.05, 4.69) is 9.97 Å². The molecule has 0 spiro atoms. The van der Waals surface area contributed by atoms with E-state index in [4.69, 9.17) is 4.74 Å². The molecule has 0 aliphatic carbocycles. The van der Waals surface area contributed by atoms with Gasteiger partial charge in [-0.3, -0.25) is 14.8 Å². The Hall–Kier alpha value is -2.47. The van der Waals surface area contributed by atoms with Crippen LogP contribution in [-0.4, -0.2) is 46.1 Å². The molecule has 6 heteroatoms. The largest absolute Gasteiger partial charge is 0.506 e. The summed E-state index contributed by atoms with van der Waals surface area (Å²) in [7, 11) is 1.66. The van der Waals surface area contributed by atoms with Crippen LogP contribution < -0.4 is 0 Å². The van der Waals surface area contributed by atoms with Gasteiger partial charge in [0.1, 0.15) is 5.75 Å². The Morgan fingerprint density at radius 3 is 2.71 bits per heavy atom. The van der Waals surface area contributed by atoms with Crippen LogP contribution in [0.3, 0.4) is 0 Å². The lowest BCUT2D eigenvalue weighted by Crippen LogP contribution is -2.32. The summed E-state index contributed by atoms with van der Waals surface area (Å²) in [5, 5.41) is 9.45. The van der Waals surface area contributed by atoms with E-state index in [-0.39, 0.29) is 11.7 Å². The highest BCUT2D eigenvalue weighted by Gasteiger charge is 2.14. The third-order valence-electron chi connectivity index (χ3n) is 3.66. The second-order valence-electron chi connectivity index (χ2n) is 5.57. The van der Waals surface area contributed by atoms with Gasteiger partial charge in [-0.25, -0.2) is 0 Å². The first-order chi connectivity index (χ1) is 11.7. The summed E-state index contributed by atoms with van der Waals surface area (Å²) in [5.74, 6) is 0.194. The zero-order valence-corrected chi connectivity index (χ0v) is 13.9. The molecule has 0 saturated heterocycles. The molecule has 0 bridgehead atoms. The number of methoxy groups -OCH3 is 1. The monoisotopic (exact) mass is 329 g/mol. The summed E-state index contributed by atoms with van der Waals surface area (Å²) in [4.78, 5) is 22.4. The van der Waals surface area contributed by atoms with E-state index in [9.17, 15) is 9.90 Å². The van der Waals surface area contributed by atoms with Gasteiger partial charge < -0.3 is 14.7 Å². The molecule has 0 fully saturated rings. The number of carbonyl (C=O) groups is 1. The zero-order valence-electron chi connectivity index (χ0n) is 13.9. The van der Waals surface area contributed by atoms with Crippen LogP contribution in [0.1, 0.15) is 24.0 Å². The highest BCUT2D eigenvalue weighted by atomic mass is 16.5. The lowest BCUT2D eigenvalue weighted by atomic mass is 10.1. The first-order valence-electron chi connectivity index (χ1n) is 7.97. The second kappa shape index (κ2) is 9.62. The minimum absolute atomic E-state index is 0.0752. The first-order valence-corrected chi connectivity index (χ1v) is 7.97. The summed E-state index contributed by atoms with van der Waals surface area (Å²) < 4.78 is 5.08. The van der Waals surface area contributed by atoms with E-state index in [1.807, 2.05) is 17.0 Å². The lowest BCUT2D eigenvalue weighted by molar-refractivity contribution is -0.132. The van der Waals surface area contributed by atoms with E-state index in [0.717, 1.165) is 17.5 Å². The number of nitrogens with zero attached hydrogens (tertiary/aromatic N) is 3. The van der Waals surface area contributed by atoms with Crippen molar-refractivity contribution in [2.75, 3.05) is 20.3 Å². The van der Waals surface area contributed by atoms with Crippen molar-refractivity contribution in [3.8, 4) is 5.75 Å². The molecule has 0 aromatic carbocycles. The molecule has 2 heterocycles. The zero-order chi connectivity index (χ0) is 17.2. The van der Waals surface area contributed by atoms with Crippen LogP contribution in [0.25, 0.3) is 0 Å². The van der Waals surface area contributed by atoms with Gasteiger partial charge in [-0.15, -0.1) is 0 Å².